The molecule has 1 aliphatic carbocycles. The molecule has 4 N–H and O–H groups in total. The molecule has 47 heavy (non-hydrogen) atoms. The van der Waals surface area contributed by atoms with E-state index in [0.29, 0.717) is 11.3 Å². The van der Waals surface area contributed by atoms with Crippen LogP contribution in [0, 0.1) is 11.6 Å². The van der Waals surface area contributed by atoms with Gasteiger partial charge in [0.25, 0.3) is 5.91 Å². The molecule has 6 rings (SSSR count). The smallest absolute Gasteiger partial charge is 0.413 e. The first-order valence-electron chi connectivity index (χ1n) is 13.8. The van der Waals surface area contributed by atoms with Crippen LogP contribution in [0.2, 0.25) is 0 Å². The molecule has 3 aromatic rings. The van der Waals surface area contributed by atoms with E-state index in [-0.39, 0.29) is 33.3 Å². The number of alkyl halides is 3. The Morgan fingerprint density at radius 3 is 2.34 bits per heavy atom. The SMILES string of the molecule is O=C(O)[C@H]1O[C@@H](Oc2c(F)ccc(-c3nnc(CN4C(=O)N([C@@H](c5ccccc5)C(F)(F)F)C(=O)C45CC5)s3)c2F)[C@H](O)[C@@H](O)[C@@H]1O. The number of amides is 3. The van der Waals surface area contributed by atoms with Crippen molar-refractivity contribution in [3.8, 4) is 16.3 Å². The number of imide groups is 1. The number of benzene rings is 2. The van der Waals surface area contributed by atoms with E-state index in [0.717, 1.165) is 29.2 Å². The molecule has 0 unspecified atom stereocenters. The van der Waals surface area contributed by atoms with Crippen LogP contribution < -0.4 is 4.74 Å². The van der Waals surface area contributed by atoms with Crippen LogP contribution in [0.4, 0.5) is 26.7 Å². The number of aromatic nitrogens is 2. The number of ether oxygens (including phenoxy) is 2. The van der Waals surface area contributed by atoms with Crippen LogP contribution in [0.5, 0.6) is 5.75 Å². The minimum absolute atomic E-state index is 0.00353. The largest absolute Gasteiger partial charge is 0.479 e. The highest BCUT2D eigenvalue weighted by molar-refractivity contribution is 7.14. The van der Waals surface area contributed by atoms with Crippen LogP contribution in [0.25, 0.3) is 10.6 Å². The van der Waals surface area contributed by atoms with Crippen molar-refractivity contribution in [3.63, 3.8) is 0 Å². The second-order valence-corrected chi connectivity index (χ2v) is 12.1. The zero-order valence-corrected chi connectivity index (χ0v) is 24.4. The predicted molar refractivity (Wildman–Crippen MR) is 145 cm³/mol. The van der Waals surface area contributed by atoms with Crippen molar-refractivity contribution < 1.29 is 66.2 Å². The number of urea groups is 1. The van der Waals surface area contributed by atoms with Gasteiger partial charge in [-0.2, -0.15) is 13.2 Å². The Kier molecular flexibility index (Phi) is 8.15. The number of hydrogen-bond donors (Lipinski definition) is 4. The summed E-state index contributed by atoms with van der Waals surface area (Å²) in [6.45, 7) is -0.455. The van der Waals surface area contributed by atoms with Crippen LogP contribution in [-0.4, -0.2) is 101 Å². The van der Waals surface area contributed by atoms with Gasteiger partial charge in [0, 0.05) is 0 Å². The van der Waals surface area contributed by atoms with E-state index in [1.54, 1.807) is 0 Å². The van der Waals surface area contributed by atoms with Gasteiger partial charge in [0.2, 0.25) is 6.29 Å². The molecule has 19 heteroatoms. The molecule has 1 spiro atoms. The number of carbonyl (C=O) groups excluding carboxylic acids is 2. The third-order valence-corrected chi connectivity index (χ3v) is 9.01. The number of aliphatic carboxylic acids is 1. The summed E-state index contributed by atoms with van der Waals surface area (Å²) < 4.78 is 83.0. The van der Waals surface area contributed by atoms with Crippen molar-refractivity contribution in [1.82, 2.24) is 20.0 Å². The van der Waals surface area contributed by atoms with Crippen LogP contribution in [0.3, 0.4) is 0 Å². The molecule has 0 bridgehead atoms. The Bertz CT molecular complexity index is 1720. The molecule has 2 aliphatic heterocycles. The van der Waals surface area contributed by atoms with Gasteiger partial charge in [-0.25, -0.2) is 23.3 Å². The average Bonchev–Trinajstić information content (AvgIpc) is 3.65. The quantitative estimate of drug-likeness (QED) is 0.202. The van der Waals surface area contributed by atoms with E-state index in [2.05, 4.69) is 10.2 Å². The van der Waals surface area contributed by atoms with E-state index in [1.807, 2.05) is 0 Å². The number of carbonyl (C=O) groups is 3. The summed E-state index contributed by atoms with van der Waals surface area (Å²) in [5.74, 6) is -6.67. The van der Waals surface area contributed by atoms with Crippen molar-refractivity contribution in [3.05, 3.63) is 64.7 Å². The van der Waals surface area contributed by atoms with Crippen molar-refractivity contribution in [2.45, 2.75) is 67.8 Å². The molecule has 2 aromatic carbocycles. The first kappa shape index (κ1) is 32.6. The fourth-order valence-electron chi connectivity index (χ4n) is 5.54. The molecule has 3 aliphatic rings. The Labute approximate surface area is 264 Å². The second kappa shape index (κ2) is 11.7. The molecule has 250 valence electrons. The lowest BCUT2D eigenvalue weighted by Crippen LogP contribution is -2.61. The van der Waals surface area contributed by atoms with E-state index >= 15 is 4.39 Å². The van der Waals surface area contributed by atoms with E-state index in [1.165, 1.54) is 18.2 Å². The molecule has 1 saturated carbocycles. The topological polar surface area (TPSA) is 183 Å². The summed E-state index contributed by atoms with van der Waals surface area (Å²) in [5, 5.41) is 46.7. The number of hydrogen-bond acceptors (Lipinski definition) is 11. The van der Waals surface area contributed by atoms with Gasteiger partial charge in [0.05, 0.1) is 12.1 Å². The van der Waals surface area contributed by atoms with Gasteiger partial charge >= 0.3 is 18.2 Å². The third-order valence-electron chi connectivity index (χ3n) is 8.06. The highest BCUT2D eigenvalue weighted by Gasteiger charge is 2.68. The van der Waals surface area contributed by atoms with Gasteiger partial charge < -0.3 is 34.8 Å². The van der Waals surface area contributed by atoms with E-state index in [4.69, 9.17) is 9.47 Å². The first-order chi connectivity index (χ1) is 22.2. The van der Waals surface area contributed by atoms with E-state index < -0.39 is 95.9 Å². The lowest BCUT2D eigenvalue weighted by Gasteiger charge is -2.38. The molecule has 13 nitrogen and oxygen atoms in total. The number of rotatable bonds is 8. The summed E-state index contributed by atoms with van der Waals surface area (Å²) in [6.07, 6.45) is -15.3. The Morgan fingerprint density at radius 1 is 1.04 bits per heavy atom. The standard InChI is InChI=1S/C28H23F5N4O9S/c29-13-7-6-12(15(30)19(13)45-24-18(40)16(38)17(39)20(46-24)23(41)42)22-35-34-14(47-22)10-36-26(44)37(25(43)27(36)8-9-27)21(28(31,32)33)11-4-2-1-3-5-11/h1-7,16-18,20-21,24,38-40H,8-10H2,(H,41,42)/t16-,17-,18+,20-,21-,24+/m0/s1. The lowest BCUT2D eigenvalue weighted by atomic mass is 9.99. The summed E-state index contributed by atoms with van der Waals surface area (Å²) in [4.78, 5) is 39.3. The van der Waals surface area contributed by atoms with Crippen molar-refractivity contribution >= 4 is 29.2 Å². The number of carboxylic acid groups (broad SMARTS) is 1. The van der Waals surface area contributed by atoms with Crippen LogP contribution in [-0.2, 0) is 20.9 Å². The maximum Gasteiger partial charge on any atom is 0.413 e. The highest BCUT2D eigenvalue weighted by Crippen LogP contribution is 2.53. The maximum atomic E-state index is 15.6. The Balaban J connectivity index is 1.25. The van der Waals surface area contributed by atoms with E-state index in [9.17, 15) is 52.4 Å². The lowest BCUT2D eigenvalue weighted by molar-refractivity contribution is -0.271. The molecular weight excluding hydrogens is 663 g/mol. The fraction of sp³-hybridized carbons (Fsp3) is 0.393. The maximum absolute atomic E-state index is 15.6. The average molecular weight is 687 g/mol. The number of carboxylic acids is 1. The van der Waals surface area contributed by atoms with Crippen LogP contribution in [0.1, 0.15) is 29.5 Å². The minimum atomic E-state index is -4.99. The summed E-state index contributed by atoms with van der Waals surface area (Å²) in [5.41, 5.74) is -2.24. The molecule has 0 radical (unpaired) electrons. The fourth-order valence-corrected chi connectivity index (χ4v) is 6.39. The summed E-state index contributed by atoms with van der Waals surface area (Å²) in [6, 6.07) is 4.45. The molecule has 2 saturated heterocycles. The molecule has 3 heterocycles. The number of nitrogens with zero attached hydrogens (tertiary/aromatic N) is 4. The number of halogens is 5. The van der Waals surface area contributed by atoms with Crippen molar-refractivity contribution in [2.24, 2.45) is 0 Å². The van der Waals surface area contributed by atoms with Crippen LogP contribution >= 0.6 is 11.3 Å². The number of aliphatic hydroxyl groups excluding tert-OH is 3. The van der Waals surface area contributed by atoms with Gasteiger partial charge in [-0.1, -0.05) is 41.7 Å². The summed E-state index contributed by atoms with van der Waals surface area (Å²) in [7, 11) is 0. The molecule has 1 aromatic heterocycles. The zero-order valence-electron chi connectivity index (χ0n) is 23.5. The second-order valence-electron chi connectivity index (χ2n) is 11.0. The predicted octanol–water partition coefficient (Wildman–Crippen LogP) is 2.35. The van der Waals surface area contributed by atoms with Crippen LogP contribution in [0.15, 0.2) is 42.5 Å². The third kappa shape index (κ3) is 5.56. The molecular formula is C28H23F5N4O9S. The van der Waals surface area contributed by atoms with Gasteiger partial charge in [-0.05, 0) is 30.5 Å². The minimum Gasteiger partial charge on any atom is -0.479 e. The summed E-state index contributed by atoms with van der Waals surface area (Å²) >= 11 is 0.679. The van der Waals surface area contributed by atoms with Crippen molar-refractivity contribution in [1.29, 1.82) is 0 Å². The Hall–Kier alpha value is -4.30. The Morgan fingerprint density at radius 2 is 1.72 bits per heavy atom. The molecule has 6 atom stereocenters. The van der Waals surface area contributed by atoms with Crippen molar-refractivity contribution in [2.75, 3.05) is 0 Å². The monoisotopic (exact) mass is 686 g/mol. The zero-order chi connectivity index (χ0) is 34.0. The highest BCUT2D eigenvalue weighted by atomic mass is 32.1. The van der Waals surface area contributed by atoms with Gasteiger partial charge in [-0.15, -0.1) is 10.2 Å². The number of aliphatic hydroxyl groups is 3. The van der Waals surface area contributed by atoms with Gasteiger partial charge in [0.15, 0.2) is 34.5 Å². The first-order valence-corrected chi connectivity index (χ1v) is 14.6. The van der Waals surface area contributed by atoms with Gasteiger partial charge in [-0.3, -0.25) is 4.79 Å². The normalized spacial score (nSPS) is 26.2. The van der Waals surface area contributed by atoms with Gasteiger partial charge in [0.1, 0.15) is 28.9 Å². The molecule has 3 fully saturated rings. The molecule has 3 amide bonds.